The van der Waals surface area contributed by atoms with Gasteiger partial charge in [0.25, 0.3) is 0 Å². The Morgan fingerprint density at radius 3 is 2.47 bits per heavy atom. The molecule has 0 bridgehead atoms. The first-order chi connectivity index (χ1) is 9.06. The minimum atomic E-state index is 0.0909. The maximum Gasteiger partial charge on any atom is 0.161 e. The lowest BCUT2D eigenvalue weighted by atomic mass is 10.1. The van der Waals surface area contributed by atoms with Gasteiger partial charge >= 0.3 is 0 Å². The van der Waals surface area contributed by atoms with Crippen LogP contribution in [-0.2, 0) is 11.2 Å². The van der Waals surface area contributed by atoms with Crippen molar-refractivity contribution in [3.05, 3.63) is 23.8 Å². The molecule has 1 aromatic rings. The van der Waals surface area contributed by atoms with Crippen LogP contribution in [0.1, 0.15) is 25.8 Å². The predicted octanol–water partition coefficient (Wildman–Crippen LogP) is 2.39. The summed E-state index contributed by atoms with van der Waals surface area (Å²) in [6.45, 7) is 4.70. The van der Waals surface area contributed by atoms with Crippen LogP contribution >= 0.6 is 0 Å². The SMILES string of the molecule is COCCC(C)Oc1ccc(CC(C)N)cc1OC. The Bertz CT molecular complexity index is 380. The number of nitrogens with two attached hydrogens (primary N) is 1. The van der Waals surface area contributed by atoms with Crippen molar-refractivity contribution in [2.45, 2.75) is 38.8 Å². The second-order valence-electron chi connectivity index (χ2n) is 4.88. The lowest BCUT2D eigenvalue weighted by molar-refractivity contribution is 0.132. The maximum atomic E-state index is 5.86. The van der Waals surface area contributed by atoms with E-state index in [0.29, 0.717) is 6.61 Å². The van der Waals surface area contributed by atoms with Crippen LogP contribution in [0.5, 0.6) is 11.5 Å². The van der Waals surface area contributed by atoms with Gasteiger partial charge in [-0.1, -0.05) is 6.07 Å². The molecule has 1 rings (SSSR count). The second kappa shape index (κ2) is 8.02. The molecule has 108 valence electrons. The highest BCUT2D eigenvalue weighted by Crippen LogP contribution is 2.29. The predicted molar refractivity (Wildman–Crippen MR) is 76.9 cm³/mol. The molecule has 2 unspecified atom stereocenters. The molecule has 1 aromatic carbocycles. The first kappa shape index (κ1) is 15.8. The number of methoxy groups -OCH3 is 2. The third kappa shape index (κ3) is 5.49. The average Bonchev–Trinajstić information content (AvgIpc) is 2.37. The first-order valence-electron chi connectivity index (χ1n) is 6.65. The van der Waals surface area contributed by atoms with Crippen LogP contribution < -0.4 is 15.2 Å². The fourth-order valence-corrected chi connectivity index (χ4v) is 1.87. The molecule has 0 amide bonds. The molecule has 0 aliphatic rings. The summed E-state index contributed by atoms with van der Waals surface area (Å²) in [6, 6.07) is 6.10. The second-order valence-corrected chi connectivity index (χ2v) is 4.88. The minimum Gasteiger partial charge on any atom is -0.493 e. The lowest BCUT2D eigenvalue weighted by Gasteiger charge is -2.17. The van der Waals surface area contributed by atoms with Crippen LogP contribution in [-0.4, -0.2) is 33.0 Å². The number of rotatable bonds is 8. The van der Waals surface area contributed by atoms with Gasteiger partial charge < -0.3 is 19.9 Å². The van der Waals surface area contributed by atoms with Gasteiger partial charge in [-0.15, -0.1) is 0 Å². The molecule has 0 spiro atoms. The van der Waals surface area contributed by atoms with E-state index < -0.39 is 0 Å². The van der Waals surface area contributed by atoms with Crippen molar-refractivity contribution in [3.8, 4) is 11.5 Å². The third-order valence-corrected chi connectivity index (χ3v) is 2.84. The largest absolute Gasteiger partial charge is 0.493 e. The smallest absolute Gasteiger partial charge is 0.161 e. The van der Waals surface area contributed by atoms with E-state index in [1.807, 2.05) is 32.0 Å². The fraction of sp³-hybridized carbons (Fsp3) is 0.600. The van der Waals surface area contributed by atoms with Crippen molar-refractivity contribution in [2.75, 3.05) is 20.8 Å². The van der Waals surface area contributed by atoms with Gasteiger partial charge in [-0.2, -0.15) is 0 Å². The topological polar surface area (TPSA) is 53.7 Å². The molecule has 2 N–H and O–H groups in total. The van der Waals surface area contributed by atoms with E-state index in [9.17, 15) is 0 Å². The molecular weight excluding hydrogens is 242 g/mol. The maximum absolute atomic E-state index is 5.86. The molecule has 0 fully saturated rings. The summed E-state index contributed by atoms with van der Waals surface area (Å²) in [5.74, 6) is 1.52. The Morgan fingerprint density at radius 2 is 1.89 bits per heavy atom. The van der Waals surface area contributed by atoms with Crippen LogP contribution in [0.25, 0.3) is 0 Å². The van der Waals surface area contributed by atoms with E-state index in [-0.39, 0.29) is 12.1 Å². The minimum absolute atomic E-state index is 0.0909. The summed E-state index contributed by atoms with van der Waals surface area (Å²) in [5.41, 5.74) is 6.96. The van der Waals surface area contributed by atoms with E-state index in [0.717, 1.165) is 29.9 Å². The van der Waals surface area contributed by atoms with Crippen LogP contribution in [0.4, 0.5) is 0 Å². The van der Waals surface area contributed by atoms with Crippen molar-refractivity contribution >= 4 is 0 Å². The molecule has 0 aliphatic carbocycles. The van der Waals surface area contributed by atoms with Crippen LogP contribution in [0, 0.1) is 0 Å². The summed E-state index contributed by atoms with van der Waals surface area (Å²) in [7, 11) is 3.34. The summed E-state index contributed by atoms with van der Waals surface area (Å²) < 4.78 is 16.3. The van der Waals surface area contributed by atoms with Crippen molar-refractivity contribution < 1.29 is 14.2 Å². The Hall–Kier alpha value is -1.26. The highest BCUT2D eigenvalue weighted by Gasteiger charge is 2.10. The fourth-order valence-electron chi connectivity index (χ4n) is 1.87. The van der Waals surface area contributed by atoms with Crippen molar-refractivity contribution in [1.29, 1.82) is 0 Å². The monoisotopic (exact) mass is 267 g/mol. The molecule has 4 nitrogen and oxygen atoms in total. The third-order valence-electron chi connectivity index (χ3n) is 2.84. The highest BCUT2D eigenvalue weighted by atomic mass is 16.5. The van der Waals surface area contributed by atoms with Gasteiger partial charge in [-0.3, -0.25) is 0 Å². The molecule has 19 heavy (non-hydrogen) atoms. The van der Waals surface area contributed by atoms with E-state index in [2.05, 4.69) is 0 Å². The molecule has 2 atom stereocenters. The van der Waals surface area contributed by atoms with Crippen LogP contribution in [0.3, 0.4) is 0 Å². The zero-order valence-corrected chi connectivity index (χ0v) is 12.3. The van der Waals surface area contributed by atoms with E-state index in [4.69, 9.17) is 19.9 Å². The zero-order chi connectivity index (χ0) is 14.3. The Balaban J connectivity index is 2.72. The highest BCUT2D eigenvalue weighted by molar-refractivity contribution is 5.43. The first-order valence-corrected chi connectivity index (χ1v) is 6.65. The Kier molecular flexibility index (Phi) is 6.67. The van der Waals surface area contributed by atoms with E-state index in [1.54, 1.807) is 14.2 Å². The summed E-state index contributed by atoms with van der Waals surface area (Å²) in [5, 5.41) is 0. The van der Waals surface area contributed by atoms with Gasteiger partial charge in [0.05, 0.1) is 13.2 Å². The van der Waals surface area contributed by atoms with E-state index >= 15 is 0 Å². The van der Waals surface area contributed by atoms with Crippen molar-refractivity contribution in [3.63, 3.8) is 0 Å². The zero-order valence-electron chi connectivity index (χ0n) is 12.3. The van der Waals surface area contributed by atoms with Crippen LogP contribution in [0.15, 0.2) is 18.2 Å². The van der Waals surface area contributed by atoms with Gasteiger partial charge in [0.15, 0.2) is 11.5 Å². The van der Waals surface area contributed by atoms with E-state index in [1.165, 1.54) is 0 Å². The number of ether oxygens (including phenoxy) is 3. The molecular formula is C15H25NO3. The lowest BCUT2D eigenvalue weighted by Crippen LogP contribution is -2.18. The molecule has 0 aromatic heterocycles. The quantitative estimate of drug-likeness (QED) is 0.785. The van der Waals surface area contributed by atoms with Crippen molar-refractivity contribution in [1.82, 2.24) is 0 Å². The Labute approximate surface area is 115 Å². The average molecular weight is 267 g/mol. The Morgan fingerprint density at radius 1 is 1.16 bits per heavy atom. The summed E-state index contributed by atoms with van der Waals surface area (Å²) >= 11 is 0. The standard InChI is InChI=1S/C15H25NO3/c1-11(16)9-13-5-6-14(15(10-13)18-4)19-12(2)7-8-17-3/h5-6,10-12H,7-9,16H2,1-4H3. The molecule has 0 radical (unpaired) electrons. The molecule has 0 aliphatic heterocycles. The summed E-state index contributed by atoms with van der Waals surface area (Å²) in [4.78, 5) is 0. The van der Waals surface area contributed by atoms with Gasteiger partial charge in [0.1, 0.15) is 0 Å². The molecule has 0 heterocycles. The number of hydrogen-bond acceptors (Lipinski definition) is 4. The summed E-state index contributed by atoms with van der Waals surface area (Å²) in [6.07, 6.45) is 1.77. The molecule has 0 saturated heterocycles. The van der Waals surface area contributed by atoms with Crippen molar-refractivity contribution in [2.24, 2.45) is 5.73 Å². The normalized spacial score (nSPS) is 13.9. The van der Waals surface area contributed by atoms with Gasteiger partial charge in [-0.25, -0.2) is 0 Å². The van der Waals surface area contributed by atoms with Gasteiger partial charge in [0.2, 0.25) is 0 Å². The molecule has 0 saturated carbocycles. The molecule has 4 heteroatoms. The van der Waals surface area contributed by atoms with Gasteiger partial charge in [-0.05, 0) is 38.0 Å². The number of benzene rings is 1. The van der Waals surface area contributed by atoms with Gasteiger partial charge in [0, 0.05) is 26.2 Å². The van der Waals surface area contributed by atoms with Crippen LogP contribution in [0.2, 0.25) is 0 Å². The number of hydrogen-bond donors (Lipinski definition) is 1.